The topological polar surface area (TPSA) is 52.7 Å². The third-order valence-electron chi connectivity index (χ3n) is 7.07. The summed E-state index contributed by atoms with van der Waals surface area (Å²) in [5.74, 6) is 1.25. The number of nitrogens with one attached hydrogen (secondary N) is 1. The largest absolute Gasteiger partial charge is 0.348 e. The van der Waals surface area contributed by atoms with Crippen molar-refractivity contribution in [3.8, 4) is 0 Å². The highest BCUT2D eigenvalue weighted by atomic mass is 16.2. The standard InChI is InChI=1S/C26H35N3O2/c1-19-10-16-29(17-11-19)26(31)22-12-14-28(15-13-22)18-25(30)27-20(2)23-9-5-7-21-6-3-4-8-24(21)23/h3-9,19-20,22H,10-18H2,1-2H3,(H,27,30). The monoisotopic (exact) mass is 421 g/mol. The van der Waals surface area contributed by atoms with Gasteiger partial charge in [0.15, 0.2) is 0 Å². The van der Waals surface area contributed by atoms with Crippen LogP contribution >= 0.6 is 0 Å². The van der Waals surface area contributed by atoms with Crippen molar-refractivity contribution in [3.05, 3.63) is 48.0 Å². The molecule has 0 saturated carbocycles. The molecule has 1 atom stereocenters. The Bertz CT molecular complexity index is 907. The summed E-state index contributed by atoms with van der Waals surface area (Å²) < 4.78 is 0. The van der Waals surface area contributed by atoms with Gasteiger partial charge >= 0.3 is 0 Å². The molecule has 2 saturated heterocycles. The van der Waals surface area contributed by atoms with Crippen molar-refractivity contribution in [2.24, 2.45) is 11.8 Å². The van der Waals surface area contributed by atoms with E-state index in [0.717, 1.165) is 63.3 Å². The third-order valence-corrected chi connectivity index (χ3v) is 7.07. The van der Waals surface area contributed by atoms with Gasteiger partial charge in [-0.1, -0.05) is 49.4 Å². The Labute approximate surface area is 185 Å². The number of fused-ring (bicyclic) bond motifs is 1. The summed E-state index contributed by atoms with van der Waals surface area (Å²) in [7, 11) is 0. The van der Waals surface area contributed by atoms with Gasteiger partial charge in [0.1, 0.15) is 0 Å². The molecule has 2 fully saturated rings. The van der Waals surface area contributed by atoms with Crippen LogP contribution in [0.25, 0.3) is 10.8 Å². The summed E-state index contributed by atoms with van der Waals surface area (Å²) >= 11 is 0. The first-order valence-electron chi connectivity index (χ1n) is 11.8. The van der Waals surface area contributed by atoms with Gasteiger partial charge in [0.2, 0.25) is 11.8 Å². The van der Waals surface area contributed by atoms with Gasteiger partial charge in [0, 0.05) is 19.0 Å². The summed E-state index contributed by atoms with van der Waals surface area (Å²) in [5, 5.41) is 5.54. The average molecular weight is 422 g/mol. The minimum Gasteiger partial charge on any atom is -0.348 e. The van der Waals surface area contributed by atoms with E-state index in [2.05, 4.69) is 46.3 Å². The highest BCUT2D eigenvalue weighted by molar-refractivity contribution is 5.87. The molecule has 4 rings (SSSR count). The Kier molecular flexibility index (Phi) is 6.91. The van der Waals surface area contributed by atoms with Crippen molar-refractivity contribution in [2.75, 3.05) is 32.7 Å². The predicted molar refractivity (Wildman–Crippen MR) is 125 cm³/mol. The van der Waals surface area contributed by atoms with Crippen LogP contribution in [-0.2, 0) is 9.59 Å². The molecule has 0 aliphatic carbocycles. The maximum atomic E-state index is 12.8. The van der Waals surface area contributed by atoms with Gasteiger partial charge in [-0.05, 0) is 68.0 Å². The van der Waals surface area contributed by atoms with E-state index in [9.17, 15) is 9.59 Å². The van der Waals surface area contributed by atoms with E-state index in [1.54, 1.807) is 0 Å². The molecule has 5 heteroatoms. The van der Waals surface area contributed by atoms with Crippen molar-refractivity contribution in [3.63, 3.8) is 0 Å². The number of piperidine rings is 2. The van der Waals surface area contributed by atoms with Crippen molar-refractivity contribution >= 4 is 22.6 Å². The number of likely N-dealkylation sites (tertiary alicyclic amines) is 2. The summed E-state index contributed by atoms with van der Waals surface area (Å²) in [4.78, 5) is 29.8. The molecule has 0 aromatic heterocycles. The van der Waals surface area contributed by atoms with E-state index in [4.69, 9.17) is 0 Å². The van der Waals surface area contributed by atoms with Crippen LogP contribution in [0.4, 0.5) is 0 Å². The highest BCUT2D eigenvalue weighted by Gasteiger charge is 2.30. The van der Waals surface area contributed by atoms with Gasteiger partial charge in [0.25, 0.3) is 0 Å². The van der Waals surface area contributed by atoms with Crippen LogP contribution in [0.15, 0.2) is 42.5 Å². The Morgan fingerprint density at radius 2 is 1.65 bits per heavy atom. The second-order valence-electron chi connectivity index (χ2n) is 9.42. The molecule has 0 spiro atoms. The Hall–Kier alpha value is -2.40. The number of nitrogens with zero attached hydrogens (tertiary/aromatic N) is 2. The second-order valence-corrected chi connectivity index (χ2v) is 9.42. The van der Waals surface area contributed by atoms with Crippen LogP contribution in [-0.4, -0.2) is 54.3 Å². The maximum absolute atomic E-state index is 12.8. The van der Waals surface area contributed by atoms with Crippen LogP contribution in [0.2, 0.25) is 0 Å². The third kappa shape index (κ3) is 5.27. The molecule has 2 aromatic carbocycles. The van der Waals surface area contributed by atoms with Gasteiger partial charge in [0.05, 0.1) is 12.6 Å². The molecule has 31 heavy (non-hydrogen) atoms. The molecule has 2 aliphatic rings. The van der Waals surface area contributed by atoms with Gasteiger partial charge in [-0.25, -0.2) is 0 Å². The van der Waals surface area contributed by atoms with E-state index in [1.165, 1.54) is 10.8 Å². The van der Waals surface area contributed by atoms with Gasteiger partial charge in [-0.2, -0.15) is 0 Å². The second kappa shape index (κ2) is 9.82. The lowest BCUT2D eigenvalue weighted by atomic mass is 9.92. The van der Waals surface area contributed by atoms with E-state index in [0.29, 0.717) is 12.5 Å². The Morgan fingerprint density at radius 1 is 0.968 bits per heavy atom. The first kappa shape index (κ1) is 21.8. The summed E-state index contributed by atoms with van der Waals surface area (Å²) in [6.07, 6.45) is 3.97. The van der Waals surface area contributed by atoms with Crippen molar-refractivity contribution in [2.45, 2.75) is 45.6 Å². The lowest BCUT2D eigenvalue weighted by Gasteiger charge is -2.36. The molecule has 1 unspecified atom stereocenters. The Balaban J connectivity index is 1.26. The summed E-state index contributed by atoms with van der Waals surface area (Å²) in [5.41, 5.74) is 1.15. The molecule has 0 bridgehead atoms. The number of benzene rings is 2. The number of rotatable bonds is 5. The zero-order valence-corrected chi connectivity index (χ0v) is 18.8. The van der Waals surface area contributed by atoms with E-state index in [-0.39, 0.29) is 17.9 Å². The minimum absolute atomic E-state index is 0.0424. The molecule has 2 heterocycles. The molecule has 2 aromatic rings. The van der Waals surface area contributed by atoms with Crippen LogP contribution in [0.3, 0.4) is 0 Å². The maximum Gasteiger partial charge on any atom is 0.234 e. The van der Waals surface area contributed by atoms with Gasteiger partial charge in [-0.3, -0.25) is 14.5 Å². The predicted octanol–water partition coefficient (Wildman–Crippen LogP) is 3.99. The first-order chi connectivity index (χ1) is 15.0. The van der Waals surface area contributed by atoms with E-state index < -0.39 is 0 Å². The molecule has 2 amide bonds. The minimum atomic E-state index is -0.0424. The van der Waals surface area contributed by atoms with Crippen LogP contribution in [0.5, 0.6) is 0 Å². The van der Waals surface area contributed by atoms with Crippen LogP contribution in [0.1, 0.15) is 51.1 Å². The van der Waals surface area contributed by atoms with Crippen molar-refractivity contribution < 1.29 is 9.59 Å². The quantitative estimate of drug-likeness (QED) is 0.794. The van der Waals surface area contributed by atoms with Crippen molar-refractivity contribution in [1.29, 1.82) is 0 Å². The lowest BCUT2D eigenvalue weighted by molar-refractivity contribution is -0.138. The van der Waals surface area contributed by atoms with Crippen LogP contribution < -0.4 is 5.32 Å². The number of carbonyl (C=O) groups excluding carboxylic acids is 2. The van der Waals surface area contributed by atoms with E-state index in [1.807, 2.05) is 25.1 Å². The fraction of sp³-hybridized carbons (Fsp3) is 0.538. The molecule has 2 aliphatic heterocycles. The van der Waals surface area contributed by atoms with Gasteiger partial charge < -0.3 is 10.2 Å². The number of hydrogen-bond donors (Lipinski definition) is 1. The van der Waals surface area contributed by atoms with Gasteiger partial charge in [-0.15, -0.1) is 0 Å². The molecular formula is C26H35N3O2. The van der Waals surface area contributed by atoms with Crippen LogP contribution in [0, 0.1) is 11.8 Å². The molecule has 166 valence electrons. The van der Waals surface area contributed by atoms with Crippen molar-refractivity contribution in [1.82, 2.24) is 15.1 Å². The fourth-order valence-corrected chi connectivity index (χ4v) is 5.02. The zero-order chi connectivity index (χ0) is 21.8. The smallest absolute Gasteiger partial charge is 0.234 e. The molecule has 1 N–H and O–H groups in total. The summed E-state index contributed by atoms with van der Waals surface area (Å²) in [6.45, 7) is 8.17. The molecule has 5 nitrogen and oxygen atoms in total. The first-order valence-corrected chi connectivity index (χ1v) is 11.8. The SMILES string of the molecule is CC1CCN(C(=O)C2CCN(CC(=O)NC(C)c3cccc4ccccc34)CC2)CC1. The fourth-order valence-electron chi connectivity index (χ4n) is 5.02. The Morgan fingerprint density at radius 3 is 2.39 bits per heavy atom. The number of hydrogen-bond acceptors (Lipinski definition) is 3. The lowest BCUT2D eigenvalue weighted by Crippen LogP contribution is -2.47. The number of amides is 2. The van der Waals surface area contributed by atoms with E-state index >= 15 is 0 Å². The summed E-state index contributed by atoms with van der Waals surface area (Å²) in [6, 6.07) is 14.5. The zero-order valence-electron chi connectivity index (χ0n) is 18.8. The molecule has 0 radical (unpaired) electrons. The molecular weight excluding hydrogens is 386 g/mol. The average Bonchev–Trinajstić information content (AvgIpc) is 2.79. The normalized spacial score (nSPS) is 20.0. The number of carbonyl (C=O) groups is 2. The highest BCUT2D eigenvalue weighted by Crippen LogP contribution is 2.25.